The van der Waals surface area contributed by atoms with E-state index in [2.05, 4.69) is 43.2 Å². The number of anilines is 1. The molecule has 0 aromatic heterocycles. The summed E-state index contributed by atoms with van der Waals surface area (Å²) >= 11 is 0. The number of carbonyl (C=O) groups excluding carboxylic acids is 2. The number of carbonyl (C=O) groups is 2. The standard InChI is InChI=1S/C25H33N3O3/c1-16-13-28(14-17(2)31-16)25(3,4)15-26-24(30)21-11-19-7-5-6-8-20(19)12-22(21)27-23(29)18-9-10-18/h5-8,11-12,16-18H,9-10,13-15H2,1-4H3,(H,26,30)(H,27,29). The smallest absolute Gasteiger partial charge is 0.253 e. The predicted octanol–water partition coefficient (Wildman–Crippen LogP) is 3.81. The van der Waals surface area contributed by atoms with Crippen LogP contribution >= 0.6 is 0 Å². The molecule has 6 heteroatoms. The lowest BCUT2D eigenvalue weighted by Gasteiger charge is -2.45. The number of nitrogens with zero attached hydrogens (tertiary/aromatic N) is 1. The summed E-state index contributed by atoms with van der Waals surface area (Å²) in [4.78, 5) is 28.0. The number of amides is 2. The highest BCUT2D eigenvalue weighted by Crippen LogP contribution is 2.32. The summed E-state index contributed by atoms with van der Waals surface area (Å²) in [5.41, 5.74) is 0.877. The lowest BCUT2D eigenvalue weighted by molar-refractivity contribution is -0.117. The third-order valence-corrected chi connectivity index (χ3v) is 6.29. The molecule has 2 aliphatic rings. The molecule has 166 valence electrons. The van der Waals surface area contributed by atoms with Gasteiger partial charge in [0.05, 0.1) is 23.5 Å². The number of nitrogens with one attached hydrogen (secondary N) is 2. The van der Waals surface area contributed by atoms with Crippen LogP contribution in [0, 0.1) is 5.92 Å². The van der Waals surface area contributed by atoms with Crippen molar-refractivity contribution in [2.24, 2.45) is 5.92 Å². The van der Waals surface area contributed by atoms with E-state index >= 15 is 0 Å². The fraction of sp³-hybridized carbons (Fsp3) is 0.520. The molecule has 2 fully saturated rings. The average Bonchev–Trinajstić information content (AvgIpc) is 3.56. The van der Waals surface area contributed by atoms with Crippen LogP contribution in [0.3, 0.4) is 0 Å². The summed E-state index contributed by atoms with van der Waals surface area (Å²) in [5, 5.41) is 8.09. The van der Waals surface area contributed by atoms with Crippen molar-refractivity contribution in [3.8, 4) is 0 Å². The van der Waals surface area contributed by atoms with Gasteiger partial charge in [0, 0.05) is 31.1 Å². The number of hydrogen-bond acceptors (Lipinski definition) is 4. The van der Waals surface area contributed by atoms with Crippen molar-refractivity contribution in [2.45, 2.75) is 58.3 Å². The summed E-state index contributed by atoms with van der Waals surface area (Å²) < 4.78 is 5.86. The Morgan fingerprint density at radius 1 is 1.06 bits per heavy atom. The Morgan fingerprint density at radius 3 is 2.29 bits per heavy atom. The topological polar surface area (TPSA) is 70.7 Å². The van der Waals surface area contributed by atoms with E-state index in [0.29, 0.717) is 17.8 Å². The van der Waals surface area contributed by atoms with Gasteiger partial charge in [-0.3, -0.25) is 14.5 Å². The van der Waals surface area contributed by atoms with E-state index in [9.17, 15) is 9.59 Å². The van der Waals surface area contributed by atoms with Gasteiger partial charge in [0.25, 0.3) is 5.91 Å². The van der Waals surface area contributed by atoms with Crippen LogP contribution in [-0.2, 0) is 9.53 Å². The van der Waals surface area contributed by atoms with E-state index in [4.69, 9.17) is 4.74 Å². The maximum atomic E-state index is 13.2. The first-order valence-electron chi connectivity index (χ1n) is 11.3. The molecule has 0 bridgehead atoms. The van der Waals surface area contributed by atoms with E-state index in [1.807, 2.05) is 36.4 Å². The van der Waals surface area contributed by atoms with Gasteiger partial charge >= 0.3 is 0 Å². The molecule has 2 atom stereocenters. The van der Waals surface area contributed by atoms with Gasteiger partial charge in [-0.1, -0.05) is 24.3 Å². The van der Waals surface area contributed by atoms with Crippen LogP contribution in [0.25, 0.3) is 10.8 Å². The summed E-state index contributed by atoms with van der Waals surface area (Å²) in [5.74, 6) is -0.0909. The van der Waals surface area contributed by atoms with Gasteiger partial charge in [-0.25, -0.2) is 0 Å². The Labute approximate surface area is 184 Å². The third kappa shape index (κ3) is 5.08. The molecule has 4 rings (SSSR count). The molecule has 2 unspecified atom stereocenters. The maximum absolute atomic E-state index is 13.2. The highest BCUT2D eigenvalue weighted by atomic mass is 16.5. The summed E-state index contributed by atoms with van der Waals surface area (Å²) in [6, 6.07) is 11.7. The largest absolute Gasteiger partial charge is 0.373 e. The van der Waals surface area contributed by atoms with Crippen molar-refractivity contribution in [2.75, 3.05) is 25.0 Å². The van der Waals surface area contributed by atoms with Crippen LogP contribution in [0.15, 0.2) is 36.4 Å². The van der Waals surface area contributed by atoms with E-state index in [1.54, 1.807) is 0 Å². The number of fused-ring (bicyclic) bond motifs is 1. The Hall–Kier alpha value is -2.44. The lowest BCUT2D eigenvalue weighted by atomic mass is 9.99. The Bertz CT molecular complexity index is 973. The highest BCUT2D eigenvalue weighted by Gasteiger charge is 2.34. The van der Waals surface area contributed by atoms with Crippen LogP contribution in [0.1, 0.15) is 50.9 Å². The van der Waals surface area contributed by atoms with E-state index in [1.165, 1.54) is 0 Å². The summed E-state index contributed by atoms with van der Waals surface area (Å²) in [6.07, 6.45) is 2.18. The van der Waals surface area contributed by atoms with E-state index < -0.39 is 0 Å². The Balaban J connectivity index is 1.52. The molecule has 2 aromatic rings. The van der Waals surface area contributed by atoms with Crippen molar-refractivity contribution in [3.05, 3.63) is 42.0 Å². The minimum Gasteiger partial charge on any atom is -0.373 e. The molecule has 1 aliphatic carbocycles. The van der Waals surface area contributed by atoms with Gasteiger partial charge in [0.1, 0.15) is 0 Å². The number of morpholine rings is 1. The van der Waals surface area contributed by atoms with E-state index in [0.717, 1.165) is 36.7 Å². The molecule has 1 heterocycles. The Kier molecular flexibility index (Phi) is 6.04. The molecule has 2 N–H and O–H groups in total. The van der Waals surface area contributed by atoms with Crippen molar-refractivity contribution in [1.29, 1.82) is 0 Å². The van der Waals surface area contributed by atoms with Gasteiger partial charge in [0.15, 0.2) is 0 Å². The highest BCUT2D eigenvalue weighted by molar-refractivity contribution is 6.08. The molecule has 0 radical (unpaired) electrons. The van der Waals surface area contributed by atoms with Gasteiger partial charge in [0.2, 0.25) is 5.91 Å². The second kappa shape index (κ2) is 8.60. The molecule has 2 amide bonds. The minimum absolute atomic E-state index is 0.000882. The second-order valence-corrected chi connectivity index (χ2v) is 9.67. The normalized spacial score (nSPS) is 22.3. The number of benzene rings is 2. The monoisotopic (exact) mass is 423 g/mol. The fourth-order valence-corrected chi connectivity index (χ4v) is 4.29. The first-order chi connectivity index (χ1) is 14.7. The van der Waals surface area contributed by atoms with Crippen LogP contribution in [0.4, 0.5) is 5.69 Å². The number of rotatable bonds is 6. The van der Waals surface area contributed by atoms with Gasteiger partial charge in [-0.15, -0.1) is 0 Å². The summed E-state index contributed by atoms with van der Waals surface area (Å²) in [7, 11) is 0. The van der Waals surface area contributed by atoms with Crippen molar-refractivity contribution in [3.63, 3.8) is 0 Å². The molecular weight excluding hydrogens is 390 g/mol. The van der Waals surface area contributed by atoms with Crippen LogP contribution < -0.4 is 10.6 Å². The zero-order valence-corrected chi connectivity index (χ0v) is 18.9. The van der Waals surface area contributed by atoms with Crippen molar-refractivity contribution < 1.29 is 14.3 Å². The second-order valence-electron chi connectivity index (χ2n) is 9.67. The first kappa shape index (κ1) is 21.8. The van der Waals surface area contributed by atoms with Crippen molar-refractivity contribution >= 4 is 28.3 Å². The molecule has 1 aliphatic heterocycles. The zero-order chi connectivity index (χ0) is 22.2. The first-order valence-corrected chi connectivity index (χ1v) is 11.3. The predicted molar refractivity (Wildman–Crippen MR) is 123 cm³/mol. The zero-order valence-electron chi connectivity index (χ0n) is 18.9. The summed E-state index contributed by atoms with van der Waals surface area (Å²) in [6.45, 7) is 10.6. The van der Waals surface area contributed by atoms with Gasteiger partial charge in [-0.05, 0) is 63.4 Å². The van der Waals surface area contributed by atoms with E-state index in [-0.39, 0.29) is 35.5 Å². The van der Waals surface area contributed by atoms with Gasteiger partial charge < -0.3 is 15.4 Å². The average molecular weight is 424 g/mol. The number of hydrogen-bond donors (Lipinski definition) is 2. The van der Waals surface area contributed by atoms with Crippen molar-refractivity contribution in [1.82, 2.24) is 10.2 Å². The lowest BCUT2D eigenvalue weighted by Crippen LogP contribution is -2.58. The van der Waals surface area contributed by atoms with Crippen LogP contribution in [0.5, 0.6) is 0 Å². The Morgan fingerprint density at radius 2 is 1.68 bits per heavy atom. The van der Waals surface area contributed by atoms with Crippen LogP contribution in [0.2, 0.25) is 0 Å². The quantitative estimate of drug-likeness (QED) is 0.741. The van der Waals surface area contributed by atoms with Crippen LogP contribution in [-0.4, -0.2) is 54.1 Å². The molecule has 31 heavy (non-hydrogen) atoms. The maximum Gasteiger partial charge on any atom is 0.253 e. The fourth-order valence-electron chi connectivity index (χ4n) is 4.29. The number of ether oxygens (including phenoxy) is 1. The molecule has 1 saturated heterocycles. The van der Waals surface area contributed by atoms with Gasteiger partial charge in [-0.2, -0.15) is 0 Å². The molecule has 0 spiro atoms. The molecule has 1 saturated carbocycles. The minimum atomic E-state index is -0.212. The molecular formula is C25H33N3O3. The molecule has 2 aromatic carbocycles. The third-order valence-electron chi connectivity index (χ3n) is 6.29. The SMILES string of the molecule is CC1CN(C(C)(C)CNC(=O)c2cc3ccccc3cc2NC(=O)C2CC2)CC(C)O1. The molecule has 6 nitrogen and oxygen atoms in total.